The van der Waals surface area contributed by atoms with Crippen LogP contribution in [0, 0.1) is 5.92 Å². The summed E-state index contributed by atoms with van der Waals surface area (Å²) in [6.45, 7) is 2.84. The van der Waals surface area contributed by atoms with Gasteiger partial charge in [-0.05, 0) is 27.9 Å². The summed E-state index contributed by atoms with van der Waals surface area (Å²) in [5, 5.41) is 0.953. The Kier molecular flexibility index (Phi) is 4.73. The van der Waals surface area contributed by atoms with Gasteiger partial charge < -0.3 is 4.74 Å². The molecule has 0 radical (unpaired) electrons. The van der Waals surface area contributed by atoms with Crippen molar-refractivity contribution in [1.29, 1.82) is 0 Å². The minimum absolute atomic E-state index is 0.513. The highest BCUT2D eigenvalue weighted by molar-refractivity contribution is 9.10. The van der Waals surface area contributed by atoms with Crippen LogP contribution in [0.1, 0.15) is 6.92 Å². The molecule has 0 fully saturated rings. The van der Waals surface area contributed by atoms with E-state index < -0.39 is 0 Å². The first-order valence-corrected chi connectivity index (χ1v) is 5.93. The van der Waals surface area contributed by atoms with Crippen LogP contribution in [0.5, 0.6) is 5.75 Å². The highest BCUT2D eigenvalue weighted by Gasteiger charge is 2.01. The molecule has 13 heavy (non-hydrogen) atoms. The van der Waals surface area contributed by atoms with Crippen molar-refractivity contribution in [3.8, 4) is 5.75 Å². The number of halogens is 2. The van der Waals surface area contributed by atoms with Crippen LogP contribution < -0.4 is 4.74 Å². The van der Waals surface area contributed by atoms with E-state index in [1.165, 1.54) is 0 Å². The summed E-state index contributed by atoms with van der Waals surface area (Å²) in [6.07, 6.45) is 3.45. The van der Waals surface area contributed by atoms with Crippen LogP contribution >= 0.6 is 31.9 Å². The molecule has 0 aliphatic heterocycles. The number of pyridine rings is 1. The van der Waals surface area contributed by atoms with Crippen LogP contribution in [-0.4, -0.2) is 16.9 Å². The van der Waals surface area contributed by atoms with Crippen molar-refractivity contribution in [3.05, 3.63) is 22.9 Å². The summed E-state index contributed by atoms with van der Waals surface area (Å²) in [6, 6.07) is 1.91. The number of nitrogens with zero attached hydrogens (tertiary/aromatic N) is 1. The number of hydrogen-bond donors (Lipinski definition) is 0. The van der Waals surface area contributed by atoms with Crippen LogP contribution in [0.2, 0.25) is 0 Å². The average molecular weight is 309 g/mol. The maximum absolute atomic E-state index is 5.52. The highest BCUT2D eigenvalue weighted by Crippen LogP contribution is 2.16. The fourth-order valence-corrected chi connectivity index (χ4v) is 1.29. The molecule has 0 aliphatic rings. The van der Waals surface area contributed by atoms with Gasteiger partial charge >= 0.3 is 0 Å². The third-order valence-corrected chi connectivity index (χ3v) is 3.02. The van der Waals surface area contributed by atoms with E-state index in [4.69, 9.17) is 4.74 Å². The fraction of sp³-hybridized carbons (Fsp3) is 0.444. The van der Waals surface area contributed by atoms with Gasteiger partial charge in [-0.2, -0.15) is 0 Å². The maximum Gasteiger partial charge on any atom is 0.138 e. The average Bonchev–Trinajstić information content (AvgIpc) is 2.14. The van der Waals surface area contributed by atoms with Crippen molar-refractivity contribution in [3.63, 3.8) is 0 Å². The standard InChI is InChI=1S/C9H11Br2NO/c1-7(3-10)6-13-9-2-8(11)4-12-5-9/h2,4-5,7H,3,6H2,1H3. The molecular weight excluding hydrogens is 298 g/mol. The Morgan fingerprint density at radius 3 is 2.92 bits per heavy atom. The van der Waals surface area contributed by atoms with E-state index in [9.17, 15) is 0 Å². The third kappa shape index (κ3) is 4.09. The van der Waals surface area contributed by atoms with Gasteiger partial charge in [0.15, 0.2) is 0 Å². The minimum Gasteiger partial charge on any atom is -0.492 e. The Morgan fingerprint density at radius 2 is 2.31 bits per heavy atom. The molecule has 1 atom stereocenters. The number of ether oxygens (including phenoxy) is 1. The topological polar surface area (TPSA) is 22.1 Å². The largest absolute Gasteiger partial charge is 0.492 e. The summed E-state index contributed by atoms with van der Waals surface area (Å²) in [5.74, 6) is 1.32. The molecule has 0 saturated carbocycles. The first-order chi connectivity index (χ1) is 6.22. The van der Waals surface area contributed by atoms with Gasteiger partial charge in [0.1, 0.15) is 5.75 Å². The van der Waals surface area contributed by atoms with Gasteiger partial charge in [0, 0.05) is 16.0 Å². The van der Waals surface area contributed by atoms with Gasteiger partial charge in [-0.15, -0.1) is 0 Å². The van der Waals surface area contributed by atoms with E-state index in [2.05, 4.69) is 43.8 Å². The molecule has 0 bridgehead atoms. The lowest BCUT2D eigenvalue weighted by atomic mass is 10.2. The summed E-state index contributed by atoms with van der Waals surface area (Å²) in [5.41, 5.74) is 0. The lowest BCUT2D eigenvalue weighted by Gasteiger charge is -2.09. The lowest BCUT2D eigenvalue weighted by Crippen LogP contribution is -2.09. The van der Waals surface area contributed by atoms with Crippen molar-refractivity contribution in [2.45, 2.75) is 6.92 Å². The Morgan fingerprint density at radius 1 is 1.54 bits per heavy atom. The molecule has 4 heteroatoms. The molecule has 1 rings (SSSR count). The fourth-order valence-electron chi connectivity index (χ4n) is 0.754. The summed E-state index contributed by atoms with van der Waals surface area (Å²) in [7, 11) is 0. The van der Waals surface area contributed by atoms with Crippen LogP contribution in [-0.2, 0) is 0 Å². The van der Waals surface area contributed by atoms with Gasteiger partial charge in [-0.1, -0.05) is 22.9 Å². The Balaban J connectivity index is 2.45. The number of rotatable bonds is 4. The van der Waals surface area contributed by atoms with Crippen molar-refractivity contribution in [2.75, 3.05) is 11.9 Å². The zero-order chi connectivity index (χ0) is 9.68. The molecule has 0 amide bonds. The van der Waals surface area contributed by atoms with E-state index in [1.807, 2.05) is 6.07 Å². The first kappa shape index (κ1) is 11.0. The summed E-state index contributed by atoms with van der Waals surface area (Å²) < 4.78 is 6.46. The van der Waals surface area contributed by atoms with E-state index in [0.717, 1.165) is 15.6 Å². The van der Waals surface area contributed by atoms with Gasteiger partial charge in [0.25, 0.3) is 0 Å². The van der Waals surface area contributed by atoms with Crippen molar-refractivity contribution >= 4 is 31.9 Å². The molecule has 1 heterocycles. The summed E-state index contributed by atoms with van der Waals surface area (Å²) >= 11 is 6.73. The Labute approximate surface area is 95.0 Å². The molecule has 1 unspecified atom stereocenters. The van der Waals surface area contributed by atoms with Crippen LogP contribution in [0.3, 0.4) is 0 Å². The van der Waals surface area contributed by atoms with Gasteiger partial charge in [-0.3, -0.25) is 4.98 Å². The minimum atomic E-state index is 0.513. The smallest absolute Gasteiger partial charge is 0.138 e. The van der Waals surface area contributed by atoms with E-state index >= 15 is 0 Å². The van der Waals surface area contributed by atoms with Crippen LogP contribution in [0.4, 0.5) is 0 Å². The predicted octanol–water partition coefficient (Wildman–Crippen LogP) is 3.25. The van der Waals surface area contributed by atoms with E-state index in [1.54, 1.807) is 12.4 Å². The first-order valence-electron chi connectivity index (χ1n) is 4.01. The second-order valence-electron chi connectivity index (χ2n) is 2.91. The zero-order valence-corrected chi connectivity index (χ0v) is 10.5. The van der Waals surface area contributed by atoms with Gasteiger partial charge in [0.2, 0.25) is 0 Å². The van der Waals surface area contributed by atoms with E-state index in [0.29, 0.717) is 12.5 Å². The molecular formula is C9H11Br2NO. The highest BCUT2D eigenvalue weighted by atomic mass is 79.9. The maximum atomic E-state index is 5.52. The molecule has 72 valence electrons. The number of alkyl halides is 1. The predicted molar refractivity (Wildman–Crippen MR) is 60.4 cm³/mol. The molecule has 1 aromatic rings. The number of aromatic nitrogens is 1. The molecule has 0 aliphatic carbocycles. The molecule has 1 aromatic heterocycles. The normalized spacial score (nSPS) is 12.5. The SMILES string of the molecule is CC(CBr)COc1cncc(Br)c1. The lowest BCUT2D eigenvalue weighted by molar-refractivity contribution is 0.273. The Hall–Kier alpha value is -0.0900. The monoisotopic (exact) mass is 307 g/mol. The molecule has 2 nitrogen and oxygen atoms in total. The zero-order valence-electron chi connectivity index (χ0n) is 7.34. The third-order valence-electron chi connectivity index (χ3n) is 1.48. The molecule has 0 N–H and O–H groups in total. The molecule has 0 aromatic carbocycles. The van der Waals surface area contributed by atoms with Crippen molar-refractivity contribution < 1.29 is 4.74 Å². The molecule has 0 saturated heterocycles. The molecule has 0 spiro atoms. The van der Waals surface area contributed by atoms with E-state index in [-0.39, 0.29) is 0 Å². The Bertz CT molecular complexity index is 268. The van der Waals surface area contributed by atoms with Crippen LogP contribution in [0.25, 0.3) is 0 Å². The quantitative estimate of drug-likeness (QED) is 0.797. The van der Waals surface area contributed by atoms with Crippen molar-refractivity contribution in [2.24, 2.45) is 5.92 Å². The van der Waals surface area contributed by atoms with Gasteiger partial charge in [0.05, 0.1) is 12.8 Å². The second-order valence-corrected chi connectivity index (χ2v) is 4.47. The van der Waals surface area contributed by atoms with Crippen molar-refractivity contribution in [1.82, 2.24) is 4.98 Å². The summed E-state index contributed by atoms with van der Waals surface area (Å²) in [4.78, 5) is 4.00. The number of hydrogen-bond acceptors (Lipinski definition) is 2. The second kappa shape index (κ2) is 5.60. The van der Waals surface area contributed by atoms with Crippen LogP contribution in [0.15, 0.2) is 22.9 Å². The van der Waals surface area contributed by atoms with Gasteiger partial charge in [-0.25, -0.2) is 0 Å².